The summed E-state index contributed by atoms with van der Waals surface area (Å²) in [5.41, 5.74) is 1.17. The van der Waals surface area contributed by atoms with Gasteiger partial charge in [0, 0.05) is 63.6 Å². The lowest BCUT2D eigenvalue weighted by Crippen LogP contribution is -2.25. The number of aromatic nitrogens is 5. The number of nitrogens with zero attached hydrogens (tertiary/aromatic N) is 5. The highest BCUT2D eigenvalue weighted by Gasteiger charge is 2.31. The summed E-state index contributed by atoms with van der Waals surface area (Å²) in [4.78, 5) is 13.2. The maximum absolute atomic E-state index is 5.92. The van der Waals surface area contributed by atoms with Crippen molar-refractivity contribution in [3.8, 4) is 5.82 Å². The second kappa shape index (κ2) is 7.39. The molecule has 1 aliphatic rings. The molecule has 0 unspecified atom stereocenters. The molecule has 0 aromatic carbocycles. The zero-order valence-corrected chi connectivity index (χ0v) is 15.2. The van der Waals surface area contributed by atoms with Crippen molar-refractivity contribution in [3.05, 3.63) is 60.3 Å². The van der Waals surface area contributed by atoms with Gasteiger partial charge < -0.3 is 14.6 Å². The van der Waals surface area contributed by atoms with E-state index in [0.717, 1.165) is 43.6 Å². The van der Waals surface area contributed by atoms with Crippen molar-refractivity contribution in [2.45, 2.75) is 26.0 Å². The van der Waals surface area contributed by atoms with E-state index in [1.54, 1.807) is 6.20 Å². The molecule has 3 aromatic heterocycles. The first-order chi connectivity index (χ1) is 12.7. The van der Waals surface area contributed by atoms with Crippen molar-refractivity contribution < 1.29 is 4.74 Å². The van der Waals surface area contributed by atoms with Crippen LogP contribution in [0.4, 0.5) is 0 Å². The van der Waals surface area contributed by atoms with Gasteiger partial charge in [-0.2, -0.15) is 0 Å². The topological polar surface area (TPSA) is 69.8 Å². The normalized spacial score (nSPS) is 19.9. The van der Waals surface area contributed by atoms with Crippen LogP contribution in [-0.2, 0) is 18.3 Å². The highest BCUT2D eigenvalue weighted by molar-refractivity contribution is 5.27. The Kier molecular flexibility index (Phi) is 4.81. The molecular weight excluding hydrogens is 328 g/mol. The number of imidazole rings is 2. The summed E-state index contributed by atoms with van der Waals surface area (Å²) in [7, 11) is 2.02. The fraction of sp³-hybridized carbons (Fsp3) is 0.421. The van der Waals surface area contributed by atoms with Crippen LogP contribution in [0.3, 0.4) is 0 Å². The first kappa shape index (κ1) is 16.9. The standard InChI is InChI=1S/C19H24N6O/c1-14-21-7-9-25(14)17-4-3-15(12-23-17)11-20-13-16-5-10-26-18(16)19-22-6-8-24(19)2/h3-4,6-9,12,16,18,20H,5,10-11,13H2,1-2H3/t16-,18+/m0/s1. The van der Waals surface area contributed by atoms with Crippen molar-refractivity contribution in [2.75, 3.05) is 13.2 Å². The molecule has 1 fully saturated rings. The molecule has 0 amide bonds. The Morgan fingerprint density at radius 2 is 2.08 bits per heavy atom. The smallest absolute Gasteiger partial charge is 0.137 e. The fourth-order valence-electron chi connectivity index (χ4n) is 3.47. The maximum atomic E-state index is 5.92. The lowest BCUT2D eigenvalue weighted by molar-refractivity contribution is 0.0811. The average Bonchev–Trinajstić information content (AvgIpc) is 3.37. The number of ether oxygens (including phenoxy) is 1. The van der Waals surface area contributed by atoms with E-state index in [-0.39, 0.29) is 6.10 Å². The Bertz CT molecular complexity index is 853. The van der Waals surface area contributed by atoms with E-state index in [2.05, 4.69) is 26.3 Å². The third-order valence-corrected chi connectivity index (χ3v) is 4.94. The predicted octanol–water partition coefficient (Wildman–Crippen LogP) is 2.18. The summed E-state index contributed by atoms with van der Waals surface area (Å²) in [6, 6.07) is 4.14. The van der Waals surface area contributed by atoms with Crippen LogP contribution >= 0.6 is 0 Å². The van der Waals surface area contributed by atoms with Crippen LogP contribution in [0.25, 0.3) is 5.82 Å². The molecule has 4 heterocycles. The third-order valence-electron chi connectivity index (χ3n) is 4.94. The van der Waals surface area contributed by atoms with Crippen LogP contribution in [0, 0.1) is 12.8 Å². The number of pyridine rings is 1. The Balaban J connectivity index is 1.33. The van der Waals surface area contributed by atoms with Crippen LogP contribution in [0.15, 0.2) is 43.1 Å². The molecule has 7 heteroatoms. The van der Waals surface area contributed by atoms with E-state index < -0.39 is 0 Å². The summed E-state index contributed by atoms with van der Waals surface area (Å²) >= 11 is 0. The van der Waals surface area contributed by atoms with Crippen molar-refractivity contribution in [1.82, 2.24) is 29.4 Å². The summed E-state index contributed by atoms with van der Waals surface area (Å²) < 4.78 is 9.94. The lowest BCUT2D eigenvalue weighted by atomic mass is 10.0. The Morgan fingerprint density at radius 1 is 1.19 bits per heavy atom. The summed E-state index contributed by atoms with van der Waals surface area (Å²) in [5.74, 6) is 3.28. The second-order valence-electron chi connectivity index (χ2n) is 6.74. The molecule has 0 aliphatic carbocycles. The Labute approximate surface area is 153 Å². The largest absolute Gasteiger partial charge is 0.370 e. The van der Waals surface area contributed by atoms with Gasteiger partial charge in [-0.15, -0.1) is 0 Å². The molecule has 0 radical (unpaired) electrons. The third kappa shape index (κ3) is 3.40. The van der Waals surface area contributed by atoms with Crippen LogP contribution in [0.1, 0.15) is 29.7 Å². The quantitative estimate of drug-likeness (QED) is 0.736. The first-order valence-corrected chi connectivity index (χ1v) is 8.97. The van der Waals surface area contributed by atoms with Gasteiger partial charge in [0.15, 0.2) is 0 Å². The van der Waals surface area contributed by atoms with Gasteiger partial charge in [-0.1, -0.05) is 6.07 Å². The highest BCUT2D eigenvalue weighted by Crippen LogP contribution is 2.32. The van der Waals surface area contributed by atoms with Gasteiger partial charge in [0.05, 0.1) is 0 Å². The molecule has 1 aliphatic heterocycles. The highest BCUT2D eigenvalue weighted by atomic mass is 16.5. The number of hydrogen-bond acceptors (Lipinski definition) is 5. The summed E-state index contributed by atoms with van der Waals surface area (Å²) in [6.07, 6.45) is 10.6. The summed E-state index contributed by atoms with van der Waals surface area (Å²) in [6.45, 7) is 4.46. The van der Waals surface area contributed by atoms with Crippen molar-refractivity contribution in [2.24, 2.45) is 13.0 Å². The molecule has 0 spiro atoms. The molecule has 3 aromatic rings. The number of rotatable bonds is 6. The van der Waals surface area contributed by atoms with Gasteiger partial charge in [0.1, 0.15) is 23.6 Å². The van der Waals surface area contributed by atoms with Crippen LogP contribution in [0.2, 0.25) is 0 Å². The molecule has 26 heavy (non-hydrogen) atoms. The van der Waals surface area contributed by atoms with Crippen molar-refractivity contribution >= 4 is 0 Å². The van der Waals surface area contributed by atoms with Gasteiger partial charge >= 0.3 is 0 Å². The lowest BCUT2D eigenvalue weighted by Gasteiger charge is -2.18. The summed E-state index contributed by atoms with van der Waals surface area (Å²) in [5, 5.41) is 3.54. The number of nitrogens with one attached hydrogen (secondary N) is 1. The SMILES string of the molecule is Cc1nccn1-c1ccc(CNC[C@@H]2CCO[C@H]2c2nccn2C)cn1. The van der Waals surface area contributed by atoms with Crippen LogP contribution < -0.4 is 5.32 Å². The zero-order chi connectivity index (χ0) is 17.9. The van der Waals surface area contributed by atoms with E-state index in [0.29, 0.717) is 5.92 Å². The van der Waals surface area contributed by atoms with Gasteiger partial charge in [0.25, 0.3) is 0 Å². The van der Waals surface area contributed by atoms with Crippen molar-refractivity contribution in [3.63, 3.8) is 0 Å². The minimum absolute atomic E-state index is 0.0761. The fourth-order valence-corrected chi connectivity index (χ4v) is 3.47. The first-order valence-electron chi connectivity index (χ1n) is 8.97. The zero-order valence-electron chi connectivity index (χ0n) is 15.2. The molecule has 1 N–H and O–H groups in total. The van der Waals surface area contributed by atoms with Crippen molar-refractivity contribution in [1.29, 1.82) is 0 Å². The minimum Gasteiger partial charge on any atom is -0.370 e. The molecular formula is C19H24N6O. The average molecular weight is 352 g/mol. The van der Waals surface area contributed by atoms with E-state index in [4.69, 9.17) is 4.74 Å². The Hall–Kier alpha value is -2.51. The van der Waals surface area contributed by atoms with E-state index in [1.807, 2.05) is 54.0 Å². The number of hydrogen-bond donors (Lipinski definition) is 1. The van der Waals surface area contributed by atoms with Crippen LogP contribution in [0.5, 0.6) is 0 Å². The monoisotopic (exact) mass is 352 g/mol. The van der Waals surface area contributed by atoms with E-state index in [9.17, 15) is 0 Å². The number of aryl methyl sites for hydroxylation is 2. The predicted molar refractivity (Wildman–Crippen MR) is 97.8 cm³/mol. The van der Waals surface area contributed by atoms with Crippen LogP contribution in [-0.4, -0.2) is 37.2 Å². The molecule has 0 bridgehead atoms. The minimum atomic E-state index is 0.0761. The van der Waals surface area contributed by atoms with Gasteiger partial charge in [0.2, 0.25) is 0 Å². The molecule has 4 rings (SSSR count). The van der Waals surface area contributed by atoms with E-state index in [1.165, 1.54) is 5.56 Å². The molecule has 1 saturated heterocycles. The van der Waals surface area contributed by atoms with Gasteiger partial charge in [-0.3, -0.25) is 4.57 Å². The maximum Gasteiger partial charge on any atom is 0.137 e. The molecule has 2 atom stereocenters. The van der Waals surface area contributed by atoms with E-state index >= 15 is 0 Å². The van der Waals surface area contributed by atoms with Gasteiger partial charge in [-0.05, 0) is 25.0 Å². The Morgan fingerprint density at radius 3 is 2.77 bits per heavy atom. The molecule has 0 saturated carbocycles. The van der Waals surface area contributed by atoms with Gasteiger partial charge in [-0.25, -0.2) is 15.0 Å². The second-order valence-corrected chi connectivity index (χ2v) is 6.74. The molecule has 136 valence electrons. The molecule has 7 nitrogen and oxygen atoms in total.